The maximum Gasteiger partial charge on any atom is 0.0462 e. The van der Waals surface area contributed by atoms with E-state index in [1.807, 2.05) is 0 Å². The molecule has 1 unspecified atom stereocenters. The van der Waals surface area contributed by atoms with Gasteiger partial charge in [0, 0.05) is 19.8 Å². The van der Waals surface area contributed by atoms with Crippen LogP contribution in [0.3, 0.4) is 0 Å². The highest BCUT2D eigenvalue weighted by Crippen LogP contribution is 2.28. The van der Waals surface area contributed by atoms with E-state index in [0.29, 0.717) is 11.5 Å². The fourth-order valence-electron chi connectivity index (χ4n) is 2.24. The van der Waals surface area contributed by atoms with Crippen molar-refractivity contribution in [1.82, 2.24) is 5.32 Å². The van der Waals surface area contributed by atoms with E-state index in [2.05, 4.69) is 33.0 Å². The third-order valence-corrected chi connectivity index (χ3v) is 3.05. The standard InChI is InChI=1S/C14H31NO/c1-6-10-15-13(2)12-14(3,4)9-7-8-11-16-5/h13,15H,6-12H2,1-5H3. The summed E-state index contributed by atoms with van der Waals surface area (Å²) in [6, 6.07) is 0.636. The van der Waals surface area contributed by atoms with E-state index < -0.39 is 0 Å². The summed E-state index contributed by atoms with van der Waals surface area (Å²) in [7, 11) is 1.78. The molecule has 0 rings (SSSR count). The van der Waals surface area contributed by atoms with Gasteiger partial charge in [-0.2, -0.15) is 0 Å². The Labute approximate surface area is 102 Å². The Kier molecular flexibility index (Phi) is 8.96. The molecule has 0 radical (unpaired) electrons. The van der Waals surface area contributed by atoms with Gasteiger partial charge in [0.15, 0.2) is 0 Å². The zero-order valence-electron chi connectivity index (χ0n) is 11.9. The van der Waals surface area contributed by atoms with Crippen LogP contribution in [0.1, 0.15) is 59.8 Å². The topological polar surface area (TPSA) is 21.3 Å². The van der Waals surface area contributed by atoms with Crippen LogP contribution in [0.2, 0.25) is 0 Å². The number of nitrogens with one attached hydrogen (secondary N) is 1. The summed E-state index contributed by atoms with van der Waals surface area (Å²) in [5.74, 6) is 0. The third kappa shape index (κ3) is 9.17. The Balaban J connectivity index is 3.66. The van der Waals surface area contributed by atoms with Crippen LogP contribution in [0.4, 0.5) is 0 Å². The zero-order chi connectivity index (χ0) is 12.4. The van der Waals surface area contributed by atoms with E-state index >= 15 is 0 Å². The molecule has 16 heavy (non-hydrogen) atoms. The highest BCUT2D eigenvalue weighted by molar-refractivity contribution is 4.75. The van der Waals surface area contributed by atoms with Gasteiger partial charge in [-0.15, -0.1) is 0 Å². The molecule has 0 heterocycles. The Bertz CT molecular complexity index is 157. The van der Waals surface area contributed by atoms with Gasteiger partial charge in [-0.1, -0.05) is 27.2 Å². The molecule has 0 aliphatic heterocycles. The van der Waals surface area contributed by atoms with Crippen LogP contribution < -0.4 is 5.32 Å². The van der Waals surface area contributed by atoms with Crippen molar-refractivity contribution >= 4 is 0 Å². The molecule has 0 aliphatic rings. The third-order valence-electron chi connectivity index (χ3n) is 3.05. The lowest BCUT2D eigenvalue weighted by molar-refractivity contribution is 0.182. The molecule has 0 aromatic rings. The maximum absolute atomic E-state index is 5.08. The normalized spacial score (nSPS) is 14.1. The Morgan fingerprint density at radius 1 is 1.25 bits per heavy atom. The van der Waals surface area contributed by atoms with E-state index in [9.17, 15) is 0 Å². The average molecular weight is 229 g/mol. The molecule has 0 amide bonds. The molecular weight excluding hydrogens is 198 g/mol. The Morgan fingerprint density at radius 3 is 2.50 bits per heavy atom. The lowest BCUT2D eigenvalue weighted by atomic mass is 9.81. The number of unbranched alkanes of at least 4 members (excludes halogenated alkanes) is 1. The lowest BCUT2D eigenvalue weighted by Crippen LogP contribution is -2.31. The van der Waals surface area contributed by atoms with Crippen LogP contribution in [-0.2, 0) is 4.74 Å². The highest BCUT2D eigenvalue weighted by atomic mass is 16.5. The van der Waals surface area contributed by atoms with Crippen molar-refractivity contribution in [3.05, 3.63) is 0 Å². The van der Waals surface area contributed by atoms with Gasteiger partial charge >= 0.3 is 0 Å². The number of hydrogen-bond acceptors (Lipinski definition) is 2. The van der Waals surface area contributed by atoms with Crippen molar-refractivity contribution in [3.63, 3.8) is 0 Å². The molecule has 2 heteroatoms. The molecule has 0 aliphatic carbocycles. The number of rotatable bonds is 10. The molecule has 0 aromatic carbocycles. The molecule has 2 nitrogen and oxygen atoms in total. The second-order valence-corrected chi connectivity index (χ2v) is 5.67. The fourth-order valence-corrected chi connectivity index (χ4v) is 2.24. The second kappa shape index (κ2) is 9.00. The zero-order valence-corrected chi connectivity index (χ0v) is 11.9. The van der Waals surface area contributed by atoms with E-state index in [0.717, 1.165) is 13.2 Å². The number of methoxy groups -OCH3 is 1. The molecule has 1 atom stereocenters. The first-order chi connectivity index (χ1) is 7.52. The van der Waals surface area contributed by atoms with Crippen molar-refractivity contribution in [1.29, 1.82) is 0 Å². The first-order valence-corrected chi connectivity index (χ1v) is 6.74. The van der Waals surface area contributed by atoms with Gasteiger partial charge in [-0.05, 0) is 44.6 Å². The Morgan fingerprint density at radius 2 is 1.94 bits per heavy atom. The van der Waals surface area contributed by atoms with Gasteiger partial charge in [0.2, 0.25) is 0 Å². The minimum absolute atomic E-state index is 0.452. The largest absolute Gasteiger partial charge is 0.385 e. The van der Waals surface area contributed by atoms with Crippen LogP contribution in [0.5, 0.6) is 0 Å². The summed E-state index contributed by atoms with van der Waals surface area (Å²) in [6.07, 6.45) is 6.26. The molecule has 0 saturated carbocycles. The Hall–Kier alpha value is -0.0800. The van der Waals surface area contributed by atoms with Crippen LogP contribution in [0.25, 0.3) is 0 Å². The van der Waals surface area contributed by atoms with Crippen molar-refractivity contribution < 1.29 is 4.74 Å². The van der Waals surface area contributed by atoms with Crippen LogP contribution in [0, 0.1) is 5.41 Å². The van der Waals surface area contributed by atoms with Crippen LogP contribution in [-0.4, -0.2) is 26.3 Å². The molecule has 0 fully saturated rings. The molecule has 0 bridgehead atoms. The molecule has 98 valence electrons. The highest BCUT2D eigenvalue weighted by Gasteiger charge is 2.20. The number of ether oxygens (including phenoxy) is 1. The monoisotopic (exact) mass is 229 g/mol. The fraction of sp³-hybridized carbons (Fsp3) is 1.00. The quantitative estimate of drug-likeness (QED) is 0.578. The van der Waals surface area contributed by atoms with Crippen molar-refractivity contribution in [2.75, 3.05) is 20.3 Å². The van der Waals surface area contributed by atoms with Crippen LogP contribution >= 0.6 is 0 Å². The molecular formula is C14H31NO. The van der Waals surface area contributed by atoms with Crippen molar-refractivity contribution in [3.8, 4) is 0 Å². The first-order valence-electron chi connectivity index (χ1n) is 6.74. The summed E-state index contributed by atoms with van der Waals surface area (Å²) in [5, 5.41) is 3.57. The summed E-state index contributed by atoms with van der Waals surface area (Å²) in [5.41, 5.74) is 0.452. The summed E-state index contributed by atoms with van der Waals surface area (Å²) in [6.45, 7) is 11.3. The SMILES string of the molecule is CCCNC(C)CC(C)(C)CCCCOC. The van der Waals surface area contributed by atoms with E-state index in [-0.39, 0.29) is 0 Å². The molecule has 1 N–H and O–H groups in total. The summed E-state index contributed by atoms with van der Waals surface area (Å²) in [4.78, 5) is 0. The average Bonchev–Trinajstić information content (AvgIpc) is 2.21. The van der Waals surface area contributed by atoms with E-state index in [1.54, 1.807) is 7.11 Å². The van der Waals surface area contributed by atoms with Crippen molar-refractivity contribution in [2.24, 2.45) is 5.41 Å². The number of hydrogen-bond donors (Lipinski definition) is 1. The van der Waals surface area contributed by atoms with E-state index in [4.69, 9.17) is 4.74 Å². The maximum atomic E-state index is 5.08. The smallest absolute Gasteiger partial charge is 0.0462 e. The molecule has 0 spiro atoms. The van der Waals surface area contributed by atoms with E-state index in [1.165, 1.54) is 32.1 Å². The minimum Gasteiger partial charge on any atom is -0.385 e. The van der Waals surface area contributed by atoms with Gasteiger partial charge in [0.25, 0.3) is 0 Å². The minimum atomic E-state index is 0.452. The van der Waals surface area contributed by atoms with Gasteiger partial charge in [0.05, 0.1) is 0 Å². The van der Waals surface area contributed by atoms with Crippen molar-refractivity contribution in [2.45, 2.75) is 65.8 Å². The summed E-state index contributed by atoms with van der Waals surface area (Å²) >= 11 is 0. The molecule has 0 saturated heterocycles. The predicted octanol–water partition coefficient (Wildman–Crippen LogP) is 3.61. The first kappa shape index (κ1) is 15.9. The van der Waals surface area contributed by atoms with Gasteiger partial charge in [-0.25, -0.2) is 0 Å². The van der Waals surface area contributed by atoms with Crippen LogP contribution in [0.15, 0.2) is 0 Å². The summed E-state index contributed by atoms with van der Waals surface area (Å²) < 4.78 is 5.08. The predicted molar refractivity (Wildman–Crippen MR) is 71.9 cm³/mol. The second-order valence-electron chi connectivity index (χ2n) is 5.67. The van der Waals surface area contributed by atoms with Gasteiger partial charge in [0.1, 0.15) is 0 Å². The lowest BCUT2D eigenvalue weighted by Gasteiger charge is -2.28. The molecule has 0 aromatic heterocycles. The van der Waals surface area contributed by atoms with Gasteiger partial charge < -0.3 is 10.1 Å². The van der Waals surface area contributed by atoms with Gasteiger partial charge in [-0.3, -0.25) is 0 Å².